The highest BCUT2D eigenvalue weighted by molar-refractivity contribution is 5.96. The number of aryl methyl sites for hydroxylation is 1. The molecule has 12 nitrogen and oxygen atoms in total. The maximum Gasteiger partial charge on any atom is 0.490 e. The van der Waals surface area contributed by atoms with Crippen LogP contribution in [0.2, 0.25) is 0 Å². The number of rotatable bonds is 7. The molecule has 2 atom stereocenters. The van der Waals surface area contributed by atoms with Crippen molar-refractivity contribution < 1.29 is 55.3 Å². The molecule has 8 N–H and O–H groups in total. The van der Waals surface area contributed by atoms with Crippen molar-refractivity contribution in [1.29, 1.82) is 0 Å². The third-order valence-electron chi connectivity index (χ3n) is 6.52. The standard InChI is InChI=1S/C25H30FN7O.2C2HF3O2/c1-15-6-11-19-18(14-15)22(31-20-4-2-3-5-21(20)32-25(27)28)33-23(30-19)24(34)29-13-12-16-7-9-17(26)10-8-16;2*3-2(4,5)1(6)7/h6-11,14,20-21H,2-5,12-13H2,1H3,(H,29,34)(H4,27,28,32)(H,30,31,33);2*(H,6,7). The number of hydrogen-bond donors (Lipinski definition) is 6. The van der Waals surface area contributed by atoms with Gasteiger partial charge in [-0.3, -0.25) is 4.79 Å². The van der Waals surface area contributed by atoms with E-state index in [1.807, 2.05) is 25.1 Å². The predicted molar refractivity (Wildman–Crippen MR) is 160 cm³/mol. The van der Waals surface area contributed by atoms with E-state index in [2.05, 4.69) is 25.6 Å². The lowest BCUT2D eigenvalue weighted by atomic mass is 9.90. The Morgan fingerprint density at radius 2 is 1.48 bits per heavy atom. The number of carboxylic acid groups (broad SMARTS) is 2. The van der Waals surface area contributed by atoms with Gasteiger partial charge in [-0.2, -0.15) is 26.3 Å². The molecule has 2 aromatic carbocycles. The molecule has 2 unspecified atom stereocenters. The number of carbonyl (C=O) groups excluding carboxylic acids is 1. The molecule has 1 amide bonds. The molecule has 0 saturated heterocycles. The first-order valence-electron chi connectivity index (χ1n) is 14.0. The lowest BCUT2D eigenvalue weighted by Crippen LogP contribution is -2.38. The van der Waals surface area contributed by atoms with E-state index in [0.717, 1.165) is 42.2 Å². The number of carboxylic acids is 2. The van der Waals surface area contributed by atoms with Gasteiger partial charge in [0.15, 0.2) is 5.96 Å². The number of aromatic nitrogens is 2. The number of fused-ring (bicyclic) bond motifs is 1. The number of aliphatic carboxylic acids is 2. The summed E-state index contributed by atoms with van der Waals surface area (Å²) >= 11 is 0. The Morgan fingerprint density at radius 3 is 2.02 bits per heavy atom. The topological polar surface area (TPSA) is 206 Å². The van der Waals surface area contributed by atoms with Gasteiger partial charge in [0.25, 0.3) is 5.91 Å². The zero-order valence-electron chi connectivity index (χ0n) is 25.2. The molecule has 262 valence electrons. The molecule has 1 aliphatic carbocycles. The number of carbonyl (C=O) groups is 3. The third-order valence-corrected chi connectivity index (χ3v) is 6.52. The van der Waals surface area contributed by atoms with Crippen LogP contribution >= 0.6 is 0 Å². The molecule has 0 aliphatic heterocycles. The Hall–Kier alpha value is -5.23. The maximum absolute atomic E-state index is 13.1. The van der Waals surface area contributed by atoms with Crippen molar-refractivity contribution in [2.75, 3.05) is 11.9 Å². The lowest BCUT2D eigenvalue weighted by Gasteiger charge is -2.30. The van der Waals surface area contributed by atoms with Gasteiger partial charge in [0, 0.05) is 11.9 Å². The summed E-state index contributed by atoms with van der Waals surface area (Å²) in [5.74, 6) is -5.40. The second-order valence-electron chi connectivity index (χ2n) is 10.3. The normalized spacial score (nSPS) is 15.9. The van der Waals surface area contributed by atoms with Crippen LogP contribution in [0.5, 0.6) is 0 Å². The van der Waals surface area contributed by atoms with E-state index in [1.165, 1.54) is 12.1 Å². The quantitative estimate of drug-likeness (QED) is 0.118. The molecule has 4 rings (SSSR count). The number of nitrogens with one attached hydrogen (secondary N) is 2. The molecule has 0 spiro atoms. The number of aliphatic imine (C=N–C) groups is 1. The average molecular weight is 692 g/mol. The Labute approximate surface area is 268 Å². The molecule has 19 heteroatoms. The van der Waals surface area contributed by atoms with Crippen LogP contribution in [0, 0.1) is 12.7 Å². The second kappa shape index (κ2) is 17.1. The average Bonchev–Trinajstić information content (AvgIpc) is 2.98. The summed E-state index contributed by atoms with van der Waals surface area (Å²) in [5, 5.41) is 21.5. The van der Waals surface area contributed by atoms with E-state index >= 15 is 0 Å². The van der Waals surface area contributed by atoms with E-state index in [0.29, 0.717) is 24.3 Å². The summed E-state index contributed by atoms with van der Waals surface area (Å²) in [7, 11) is 0. The van der Waals surface area contributed by atoms with Crippen LogP contribution < -0.4 is 22.1 Å². The number of guanidine groups is 1. The van der Waals surface area contributed by atoms with Gasteiger partial charge in [-0.05, 0) is 56.0 Å². The smallest absolute Gasteiger partial charge is 0.475 e. The van der Waals surface area contributed by atoms with Gasteiger partial charge in [-0.1, -0.05) is 36.6 Å². The van der Waals surface area contributed by atoms with Crippen molar-refractivity contribution in [3.05, 3.63) is 65.2 Å². The van der Waals surface area contributed by atoms with Crippen molar-refractivity contribution >= 4 is 40.5 Å². The molecule has 48 heavy (non-hydrogen) atoms. The number of nitrogens with zero attached hydrogens (tertiary/aromatic N) is 3. The van der Waals surface area contributed by atoms with E-state index < -0.39 is 24.3 Å². The highest BCUT2D eigenvalue weighted by Crippen LogP contribution is 2.28. The van der Waals surface area contributed by atoms with Gasteiger partial charge in [0.05, 0.1) is 17.6 Å². The number of hydrogen-bond acceptors (Lipinski definition) is 7. The first-order valence-corrected chi connectivity index (χ1v) is 14.0. The molecule has 0 radical (unpaired) electrons. The number of anilines is 1. The van der Waals surface area contributed by atoms with Crippen LogP contribution in [0.25, 0.3) is 10.9 Å². The van der Waals surface area contributed by atoms with Crippen molar-refractivity contribution in [1.82, 2.24) is 15.3 Å². The van der Waals surface area contributed by atoms with Crippen LogP contribution in [-0.2, 0) is 16.0 Å². The SMILES string of the molecule is Cc1ccc2nc(C(=O)NCCc3ccc(F)cc3)nc(NC3CCCCC3N=C(N)N)c2c1.O=C(O)C(F)(F)F.O=C(O)C(F)(F)F. The molecular weight excluding hydrogens is 659 g/mol. The van der Waals surface area contributed by atoms with Crippen molar-refractivity contribution in [2.24, 2.45) is 16.5 Å². The number of halogens is 7. The molecule has 1 fully saturated rings. The summed E-state index contributed by atoms with van der Waals surface area (Å²) in [6.07, 6.45) is -5.68. The number of amides is 1. The van der Waals surface area contributed by atoms with Gasteiger partial charge >= 0.3 is 24.3 Å². The Bertz CT molecular complexity index is 1570. The van der Waals surface area contributed by atoms with Crippen molar-refractivity contribution in [2.45, 2.75) is 63.5 Å². The fraction of sp³-hybridized carbons (Fsp3) is 0.379. The first kappa shape index (κ1) is 39.0. The largest absolute Gasteiger partial charge is 0.490 e. The van der Waals surface area contributed by atoms with Gasteiger partial charge < -0.3 is 32.3 Å². The molecule has 1 saturated carbocycles. The van der Waals surface area contributed by atoms with Gasteiger partial charge in [-0.15, -0.1) is 0 Å². The van der Waals surface area contributed by atoms with Crippen molar-refractivity contribution in [3.8, 4) is 0 Å². The van der Waals surface area contributed by atoms with Crippen LogP contribution in [-0.4, -0.2) is 75.0 Å². The lowest BCUT2D eigenvalue weighted by molar-refractivity contribution is -0.193. The van der Waals surface area contributed by atoms with Crippen LogP contribution in [0.15, 0.2) is 47.5 Å². The molecule has 1 aliphatic rings. The van der Waals surface area contributed by atoms with E-state index in [9.17, 15) is 35.5 Å². The first-order chi connectivity index (χ1) is 22.3. The Morgan fingerprint density at radius 1 is 0.917 bits per heavy atom. The summed E-state index contributed by atoms with van der Waals surface area (Å²) in [5.41, 5.74) is 14.0. The fourth-order valence-electron chi connectivity index (χ4n) is 4.31. The van der Waals surface area contributed by atoms with Gasteiger partial charge in [0.2, 0.25) is 5.82 Å². The van der Waals surface area contributed by atoms with E-state index in [1.54, 1.807) is 12.1 Å². The predicted octanol–water partition coefficient (Wildman–Crippen LogP) is 4.31. The Kier molecular flexibility index (Phi) is 13.9. The fourth-order valence-corrected chi connectivity index (χ4v) is 4.31. The summed E-state index contributed by atoms with van der Waals surface area (Å²) < 4.78 is 76.6. The van der Waals surface area contributed by atoms with E-state index in [4.69, 9.17) is 31.3 Å². The molecule has 1 heterocycles. The summed E-state index contributed by atoms with van der Waals surface area (Å²) in [6, 6.07) is 12.0. The number of nitrogens with two attached hydrogens (primary N) is 2. The molecule has 3 aromatic rings. The zero-order valence-corrected chi connectivity index (χ0v) is 25.2. The highest BCUT2D eigenvalue weighted by Gasteiger charge is 2.39. The zero-order chi connectivity index (χ0) is 36.2. The molecule has 1 aromatic heterocycles. The van der Waals surface area contributed by atoms with Crippen LogP contribution in [0.1, 0.15) is 47.4 Å². The highest BCUT2D eigenvalue weighted by atomic mass is 19.4. The maximum atomic E-state index is 13.1. The second-order valence-corrected chi connectivity index (χ2v) is 10.3. The van der Waals surface area contributed by atoms with Crippen LogP contribution in [0.4, 0.5) is 36.6 Å². The van der Waals surface area contributed by atoms with Crippen LogP contribution in [0.3, 0.4) is 0 Å². The van der Waals surface area contributed by atoms with E-state index in [-0.39, 0.29) is 35.6 Å². The summed E-state index contributed by atoms with van der Waals surface area (Å²) in [6.45, 7) is 2.39. The molecule has 0 bridgehead atoms. The van der Waals surface area contributed by atoms with Crippen molar-refractivity contribution in [3.63, 3.8) is 0 Å². The third kappa shape index (κ3) is 12.9. The Balaban J connectivity index is 0.000000479. The molecular formula is C29H32F7N7O5. The minimum atomic E-state index is -5.08. The van der Waals surface area contributed by atoms with Gasteiger partial charge in [-0.25, -0.2) is 28.9 Å². The number of alkyl halides is 6. The number of benzene rings is 2. The minimum Gasteiger partial charge on any atom is -0.475 e. The monoisotopic (exact) mass is 691 g/mol. The summed E-state index contributed by atoms with van der Waals surface area (Å²) in [4.78, 5) is 44.2. The minimum absolute atomic E-state index is 0.00356. The van der Waals surface area contributed by atoms with Gasteiger partial charge in [0.1, 0.15) is 11.6 Å².